The highest BCUT2D eigenvalue weighted by Crippen LogP contribution is 1.96. The SMILES string of the molecule is CCCCCC#CC(=O)O. The molecule has 0 heterocycles. The predicted octanol–water partition coefficient (Wildman–Crippen LogP) is 1.65. The van der Waals surface area contributed by atoms with E-state index in [0.29, 0.717) is 6.42 Å². The van der Waals surface area contributed by atoms with Crippen molar-refractivity contribution in [1.29, 1.82) is 0 Å². The highest BCUT2D eigenvalue weighted by molar-refractivity contribution is 5.86. The molecule has 0 radical (unpaired) electrons. The number of unbranched alkanes of at least 4 members (excludes halogenated alkanes) is 3. The second kappa shape index (κ2) is 6.15. The number of hydrogen-bond donors (Lipinski definition) is 1. The highest BCUT2D eigenvalue weighted by Gasteiger charge is 1.83. The smallest absolute Gasteiger partial charge is 0.381 e. The maximum Gasteiger partial charge on any atom is 0.381 e. The average molecular weight is 140 g/mol. The fourth-order valence-corrected chi connectivity index (χ4v) is 0.602. The van der Waals surface area contributed by atoms with E-state index >= 15 is 0 Å². The van der Waals surface area contributed by atoms with Crippen LogP contribution in [-0.4, -0.2) is 11.1 Å². The Labute approximate surface area is 61.2 Å². The zero-order valence-electron chi connectivity index (χ0n) is 6.18. The van der Waals surface area contributed by atoms with E-state index in [2.05, 4.69) is 18.8 Å². The fraction of sp³-hybridized carbons (Fsp3) is 0.625. The van der Waals surface area contributed by atoms with Gasteiger partial charge in [-0.15, -0.1) is 0 Å². The zero-order chi connectivity index (χ0) is 7.82. The molecule has 0 bridgehead atoms. The Kier molecular flexibility index (Phi) is 5.56. The summed E-state index contributed by atoms with van der Waals surface area (Å²) in [6.45, 7) is 2.10. The van der Waals surface area contributed by atoms with Crippen molar-refractivity contribution >= 4 is 5.97 Å². The van der Waals surface area contributed by atoms with Crippen molar-refractivity contribution in [1.82, 2.24) is 0 Å². The molecule has 0 amide bonds. The molecule has 0 aromatic heterocycles. The third-order valence-electron chi connectivity index (χ3n) is 1.10. The minimum absolute atomic E-state index is 0.708. The van der Waals surface area contributed by atoms with E-state index in [4.69, 9.17) is 5.11 Å². The summed E-state index contributed by atoms with van der Waals surface area (Å²) in [4.78, 5) is 9.86. The molecular formula is C8H12O2. The molecule has 0 unspecified atom stereocenters. The standard InChI is InChI=1S/C8H12O2/c1-2-3-4-5-6-7-8(9)10/h2-5H2,1H3,(H,9,10). The lowest BCUT2D eigenvalue weighted by molar-refractivity contribution is -0.130. The Balaban J connectivity index is 3.20. The van der Waals surface area contributed by atoms with Gasteiger partial charge in [0.2, 0.25) is 0 Å². The van der Waals surface area contributed by atoms with E-state index in [9.17, 15) is 4.79 Å². The van der Waals surface area contributed by atoms with Gasteiger partial charge in [-0.1, -0.05) is 25.7 Å². The summed E-state index contributed by atoms with van der Waals surface area (Å²) < 4.78 is 0. The number of carboxylic acids is 1. The molecule has 0 rings (SSSR count). The molecule has 0 spiro atoms. The lowest BCUT2D eigenvalue weighted by atomic mass is 10.2. The van der Waals surface area contributed by atoms with E-state index in [0.717, 1.165) is 19.3 Å². The van der Waals surface area contributed by atoms with E-state index in [1.54, 1.807) is 0 Å². The molecule has 10 heavy (non-hydrogen) atoms. The van der Waals surface area contributed by atoms with Crippen LogP contribution in [0.25, 0.3) is 0 Å². The minimum atomic E-state index is -1.03. The van der Waals surface area contributed by atoms with Crippen LogP contribution >= 0.6 is 0 Å². The maximum atomic E-state index is 9.86. The first-order valence-electron chi connectivity index (χ1n) is 3.49. The normalized spacial score (nSPS) is 8.10. The first-order valence-corrected chi connectivity index (χ1v) is 3.49. The van der Waals surface area contributed by atoms with Gasteiger partial charge in [0, 0.05) is 12.3 Å². The van der Waals surface area contributed by atoms with Crippen molar-refractivity contribution < 1.29 is 9.90 Å². The summed E-state index contributed by atoms with van der Waals surface area (Å²) in [5.74, 6) is 3.61. The van der Waals surface area contributed by atoms with E-state index in [-0.39, 0.29) is 0 Å². The summed E-state index contributed by atoms with van der Waals surface area (Å²) in [7, 11) is 0. The molecule has 0 atom stereocenters. The van der Waals surface area contributed by atoms with Crippen LogP contribution in [0.2, 0.25) is 0 Å². The molecule has 2 nitrogen and oxygen atoms in total. The summed E-state index contributed by atoms with van der Waals surface area (Å²) in [6.07, 6.45) is 4.00. The van der Waals surface area contributed by atoms with E-state index < -0.39 is 5.97 Å². The Morgan fingerprint density at radius 1 is 1.50 bits per heavy atom. The monoisotopic (exact) mass is 140 g/mol. The van der Waals surface area contributed by atoms with Crippen molar-refractivity contribution in [2.75, 3.05) is 0 Å². The van der Waals surface area contributed by atoms with Crippen LogP contribution in [0.5, 0.6) is 0 Å². The van der Waals surface area contributed by atoms with Crippen LogP contribution in [0.3, 0.4) is 0 Å². The molecule has 2 heteroatoms. The molecule has 1 N–H and O–H groups in total. The van der Waals surface area contributed by atoms with Crippen LogP contribution < -0.4 is 0 Å². The summed E-state index contributed by atoms with van der Waals surface area (Å²) in [6, 6.07) is 0. The van der Waals surface area contributed by atoms with Gasteiger partial charge in [-0.2, -0.15) is 0 Å². The number of carbonyl (C=O) groups is 1. The van der Waals surface area contributed by atoms with Crippen LogP contribution in [0.15, 0.2) is 0 Å². The molecule has 0 saturated heterocycles. The quantitative estimate of drug-likeness (QED) is 0.478. The van der Waals surface area contributed by atoms with Gasteiger partial charge in [0.25, 0.3) is 0 Å². The van der Waals surface area contributed by atoms with Crippen LogP contribution in [-0.2, 0) is 4.79 Å². The molecule has 56 valence electrons. The molecule has 0 aromatic carbocycles. The Bertz CT molecular complexity index is 150. The van der Waals surface area contributed by atoms with Gasteiger partial charge < -0.3 is 5.11 Å². The van der Waals surface area contributed by atoms with Gasteiger partial charge in [-0.3, -0.25) is 0 Å². The van der Waals surface area contributed by atoms with Crippen LogP contribution in [0, 0.1) is 11.8 Å². The molecule has 0 aliphatic carbocycles. The van der Waals surface area contributed by atoms with Crippen molar-refractivity contribution in [2.24, 2.45) is 0 Å². The zero-order valence-corrected chi connectivity index (χ0v) is 6.18. The lowest BCUT2D eigenvalue weighted by Crippen LogP contribution is -1.86. The Hall–Kier alpha value is -0.970. The third kappa shape index (κ3) is 7.03. The first kappa shape index (κ1) is 9.03. The van der Waals surface area contributed by atoms with Gasteiger partial charge in [0.05, 0.1) is 0 Å². The van der Waals surface area contributed by atoms with Gasteiger partial charge in [-0.25, -0.2) is 4.79 Å². The second-order valence-corrected chi connectivity index (χ2v) is 2.06. The molecule has 0 saturated carbocycles. The summed E-state index contributed by atoms with van der Waals surface area (Å²) in [5, 5.41) is 8.10. The summed E-state index contributed by atoms with van der Waals surface area (Å²) in [5.41, 5.74) is 0. The van der Waals surface area contributed by atoms with Gasteiger partial charge >= 0.3 is 5.97 Å². The van der Waals surface area contributed by atoms with Crippen LogP contribution in [0.1, 0.15) is 32.6 Å². The molecule has 0 aromatic rings. The summed E-state index contributed by atoms with van der Waals surface area (Å²) >= 11 is 0. The fourth-order valence-electron chi connectivity index (χ4n) is 0.602. The maximum absolute atomic E-state index is 9.86. The number of carboxylic acid groups (broad SMARTS) is 1. The molecular weight excluding hydrogens is 128 g/mol. The Morgan fingerprint density at radius 2 is 2.20 bits per heavy atom. The van der Waals surface area contributed by atoms with Gasteiger partial charge in [-0.05, 0) is 6.42 Å². The minimum Gasteiger partial charge on any atom is -0.472 e. The topological polar surface area (TPSA) is 37.3 Å². The van der Waals surface area contributed by atoms with Crippen LogP contribution in [0.4, 0.5) is 0 Å². The second-order valence-electron chi connectivity index (χ2n) is 2.06. The third-order valence-corrected chi connectivity index (χ3v) is 1.10. The van der Waals surface area contributed by atoms with Crippen molar-refractivity contribution in [3.8, 4) is 11.8 Å². The van der Waals surface area contributed by atoms with Crippen molar-refractivity contribution in [2.45, 2.75) is 32.6 Å². The average Bonchev–Trinajstić information content (AvgIpc) is 1.87. The highest BCUT2D eigenvalue weighted by atomic mass is 16.4. The van der Waals surface area contributed by atoms with Crippen molar-refractivity contribution in [3.63, 3.8) is 0 Å². The molecule has 0 aliphatic rings. The Morgan fingerprint density at radius 3 is 2.70 bits per heavy atom. The number of rotatable bonds is 3. The number of hydrogen-bond acceptors (Lipinski definition) is 1. The first-order chi connectivity index (χ1) is 4.77. The van der Waals surface area contributed by atoms with Gasteiger partial charge in [0.15, 0.2) is 0 Å². The molecule has 0 aliphatic heterocycles. The van der Waals surface area contributed by atoms with Crippen molar-refractivity contribution in [3.05, 3.63) is 0 Å². The predicted molar refractivity (Wildman–Crippen MR) is 39.6 cm³/mol. The van der Waals surface area contributed by atoms with E-state index in [1.807, 2.05) is 0 Å². The number of aliphatic carboxylic acids is 1. The van der Waals surface area contributed by atoms with E-state index in [1.165, 1.54) is 0 Å². The largest absolute Gasteiger partial charge is 0.472 e. The van der Waals surface area contributed by atoms with Gasteiger partial charge in [0.1, 0.15) is 0 Å². The lowest BCUT2D eigenvalue weighted by Gasteiger charge is -1.87. The molecule has 0 fully saturated rings.